The van der Waals surface area contributed by atoms with Crippen molar-refractivity contribution in [2.45, 2.75) is 0 Å². The summed E-state index contributed by atoms with van der Waals surface area (Å²) >= 11 is 0. The molecule has 1 aliphatic rings. The molecule has 5 nitrogen and oxygen atoms in total. The van der Waals surface area contributed by atoms with Crippen molar-refractivity contribution < 1.29 is 13.9 Å². The lowest BCUT2D eigenvalue weighted by Crippen LogP contribution is -2.47. The Kier molecular flexibility index (Phi) is 3.90. The van der Waals surface area contributed by atoms with E-state index >= 15 is 0 Å². The Morgan fingerprint density at radius 2 is 1.95 bits per heavy atom. The summed E-state index contributed by atoms with van der Waals surface area (Å²) in [5.41, 5.74) is 5.80. The number of nitrogen functional groups attached to an aromatic ring is 1. The number of hydrogen-bond donors (Lipinski definition) is 1. The number of ether oxygens (including phenoxy) is 1. The van der Waals surface area contributed by atoms with Crippen LogP contribution in [0.4, 0.5) is 10.1 Å². The van der Waals surface area contributed by atoms with Gasteiger partial charge in [0.05, 0.1) is 18.4 Å². The zero-order valence-electron chi connectivity index (χ0n) is 11.1. The van der Waals surface area contributed by atoms with E-state index in [1.807, 2.05) is 7.05 Å². The van der Waals surface area contributed by atoms with Gasteiger partial charge in [0, 0.05) is 32.2 Å². The van der Waals surface area contributed by atoms with Crippen LogP contribution in [-0.4, -0.2) is 56.0 Å². The van der Waals surface area contributed by atoms with Gasteiger partial charge in [-0.05, 0) is 13.1 Å². The van der Waals surface area contributed by atoms with Gasteiger partial charge < -0.3 is 20.3 Å². The van der Waals surface area contributed by atoms with Gasteiger partial charge in [-0.2, -0.15) is 0 Å². The molecule has 0 unspecified atom stereocenters. The van der Waals surface area contributed by atoms with E-state index in [-0.39, 0.29) is 17.2 Å². The topological polar surface area (TPSA) is 58.8 Å². The molecule has 1 saturated heterocycles. The molecule has 1 aromatic rings. The third-order valence-corrected chi connectivity index (χ3v) is 3.34. The van der Waals surface area contributed by atoms with Crippen LogP contribution < -0.4 is 10.5 Å². The maximum absolute atomic E-state index is 13.9. The SMILES string of the molecule is COc1cc(C(=O)N2CCN(C)CC2)c(F)cc1N. The van der Waals surface area contributed by atoms with E-state index in [4.69, 9.17) is 10.5 Å². The zero-order valence-corrected chi connectivity index (χ0v) is 11.1. The van der Waals surface area contributed by atoms with Crippen molar-refractivity contribution in [3.05, 3.63) is 23.5 Å². The van der Waals surface area contributed by atoms with Crippen molar-refractivity contribution in [2.24, 2.45) is 0 Å². The quantitative estimate of drug-likeness (QED) is 0.805. The fourth-order valence-electron chi connectivity index (χ4n) is 2.09. The smallest absolute Gasteiger partial charge is 0.257 e. The van der Waals surface area contributed by atoms with Crippen LogP contribution in [0.5, 0.6) is 5.75 Å². The van der Waals surface area contributed by atoms with E-state index in [0.29, 0.717) is 18.8 Å². The second-order valence-corrected chi connectivity index (χ2v) is 4.67. The molecule has 6 heteroatoms. The monoisotopic (exact) mass is 267 g/mol. The summed E-state index contributed by atoms with van der Waals surface area (Å²) in [6, 6.07) is 2.49. The molecule has 1 fully saturated rings. The molecule has 104 valence electrons. The first-order valence-electron chi connectivity index (χ1n) is 6.13. The normalized spacial score (nSPS) is 16.5. The van der Waals surface area contributed by atoms with E-state index in [0.717, 1.165) is 19.2 Å². The highest BCUT2D eigenvalue weighted by Gasteiger charge is 2.23. The number of amides is 1. The van der Waals surface area contributed by atoms with Gasteiger partial charge in [0.25, 0.3) is 5.91 Å². The number of piperazine rings is 1. The van der Waals surface area contributed by atoms with Crippen LogP contribution in [0.25, 0.3) is 0 Å². The second kappa shape index (κ2) is 5.44. The number of anilines is 1. The number of rotatable bonds is 2. The number of carbonyl (C=O) groups excluding carboxylic acids is 1. The molecule has 1 amide bonds. The minimum Gasteiger partial charge on any atom is -0.495 e. The van der Waals surface area contributed by atoms with Crippen molar-refractivity contribution >= 4 is 11.6 Å². The fraction of sp³-hybridized carbons (Fsp3) is 0.462. The maximum Gasteiger partial charge on any atom is 0.257 e. The van der Waals surface area contributed by atoms with Gasteiger partial charge >= 0.3 is 0 Å². The number of methoxy groups -OCH3 is 1. The van der Waals surface area contributed by atoms with Crippen LogP contribution in [0.2, 0.25) is 0 Å². The molecule has 0 saturated carbocycles. The van der Waals surface area contributed by atoms with Crippen LogP contribution in [0.3, 0.4) is 0 Å². The molecule has 0 spiro atoms. The lowest BCUT2D eigenvalue weighted by molar-refractivity contribution is 0.0659. The predicted molar refractivity (Wildman–Crippen MR) is 70.8 cm³/mol. The molecule has 2 rings (SSSR count). The average molecular weight is 267 g/mol. The van der Waals surface area contributed by atoms with E-state index in [1.165, 1.54) is 13.2 Å². The van der Waals surface area contributed by atoms with Gasteiger partial charge in [0.1, 0.15) is 11.6 Å². The van der Waals surface area contributed by atoms with Gasteiger partial charge in [0.15, 0.2) is 0 Å². The van der Waals surface area contributed by atoms with E-state index in [2.05, 4.69) is 4.90 Å². The summed E-state index contributed by atoms with van der Waals surface area (Å²) in [5, 5.41) is 0. The van der Waals surface area contributed by atoms with Crippen molar-refractivity contribution in [3.63, 3.8) is 0 Å². The maximum atomic E-state index is 13.9. The first-order valence-corrected chi connectivity index (χ1v) is 6.13. The number of nitrogens with zero attached hydrogens (tertiary/aromatic N) is 2. The van der Waals surface area contributed by atoms with Crippen LogP contribution in [0.15, 0.2) is 12.1 Å². The summed E-state index contributed by atoms with van der Waals surface area (Å²) in [7, 11) is 3.43. The van der Waals surface area contributed by atoms with Gasteiger partial charge in [0.2, 0.25) is 0 Å². The molecule has 1 aromatic carbocycles. The number of likely N-dealkylation sites (N-methyl/N-ethyl adjacent to an activating group) is 1. The third kappa shape index (κ3) is 2.78. The predicted octanol–water partition coefficient (Wildman–Crippen LogP) is 0.804. The summed E-state index contributed by atoms with van der Waals surface area (Å²) in [6.45, 7) is 2.78. The molecule has 0 atom stereocenters. The zero-order chi connectivity index (χ0) is 14.0. The molecular weight excluding hydrogens is 249 g/mol. The molecular formula is C13H18FN3O2. The Labute approximate surface area is 111 Å². The van der Waals surface area contributed by atoms with Gasteiger partial charge in [-0.15, -0.1) is 0 Å². The van der Waals surface area contributed by atoms with Crippen LogP contribution >= 0.6 is 0 Å². The van der Waals surface area contributed by atoms with E-state index in [1.54, 1.807) is 4.90 Å². The first-order chi connectivity index (χ1) is 9.02. The van der Waals surface area contributed by atoms with Gasteiger partial charge in [-0.1, -0.05) is 0 Å². The summed E-state index contributed by atoms with van der Waals surface area (Å²) < 4.78 is 18.9. The minimum atomic E-state index is -0.609. The van der Waals surface area contributed by atoms with Crippen molar-refractivity contribution in [1.82, 2.24) is 9.80 Å². The van der Waals surface area contributed by atoms with E-state index in [9.17, 15) is 9.18 Å². The number of hydrogen-bond acceptors (Lipinski definition) is 4. The Bertz CT molecular complexity index is 485. The number of benzene rings is 1. The molecule has 1 heterocycles. The Morgan fingerprint density at radius 1 is 1.32 bits per heavy atom. The standard InChI is InChI=1S/C13H18FN3O2/c1-16-3-5-17(6-4-16)13(18)9-7-12(19-2)11(15)8-10(9)14/h7-8H,3-6,15H2,1-2H3. The molecule has 1 aliphatic heterocycles. The second-order valence-electron chi connectivity index (χ2n) is 4.67. The summed E-state index contributed by atoms with van der Waals surface area (Å²) in [4.78, 5) is 16.1. The molecule has 0 aliphatic carbocycles. The third-order valence-electron chi connectivity index (χ3n) is 3.34. The average Bonchev–Trinajstić information content (AvgIpc) is 2.39. The van der Waals surface area contributed by atoms with Crippen LogP contribution in [0.1, 0.15) is 10.4 Å². The lowest BCUT2D eigenvalue weighted by atomic mass is 10.1. The Balaban J connectivity index is 2.23. The summed E-state index contributed by atoms with van der Waals surface area (Å²) in [5.74, 6) is -0.606. The van der Waals surface area contributed by atoms with Crippen LogP contribution in [0, 0.1) is 5.82 Å². The fourth-order valence-corrected chi connectivity index (χ4v) is 2.09. The Morgan fingerprint density at radius 3 is 2.53 bits per heavy atom. The van der Waals surface area contributed by atoms with Crippen molar-refractivity contribution in [1.29, 1.82) is 0 Å². The minimum absolute atomic E-state index is 0.00982. The molecule has 19 heavy (non-hydrogen) atoms. The van der Waals surface area contributed by atoms with Gasteiger partial charge in [-0.3, -0.25) is 4.79 Å². The van der Waals surface area contributed by atoms with Crippen molar-refractivity contribution in [3.8, 4) is 5.75 Å². The highest BCUT2D eigenvalue weighted by atomic mass is 19.1. The molecule has 0 radical (unpaired) electrons. The largest absolute Gasteiger partial charge is 0.495 e. The highest BCUT2D eigenvalue weighted by molar-refractivity contribution is 5.95. The highest BCUT2D eigenvalue weighted by Crippen LogP contribution is 2.26. The lowest BCUT2D eigenvalue weighted by Gasteiger charge is -2.32. The molecule has 0 bridgehead atoms. The number of nitrogens with two attached hydrogens (primary N) is 1. The van der Waals surface area contributed by atoms with Crippen LogP contribution in [-0.2, 0) is 0 Å². The summed E-state index contributed by atoms with van der Waals surface area (Å²) in [6.07, 6.45) is 0. The number of carbonyl (C=O) groups is 1. The molecule has 2 N–H and O–H groups in total. The first kappa shape index (κ1) is 13.6. The number of halogens is 1. The Hall–Kier alpha value is -1.82. The van der Waals surface area contributed by atoms with E-state index < -0.39 is 5.82 Å². The van der Waals surface area contributed by atoms with Gasteiger partial charge in [-0.25, -0.2) is 4.39 Å². The van der Waals surface area contributed by atoms with Crippen molar-refractivity contribution in [2.75, 3.05) is 46.1 Å². The molecule has 0 aromatic heterocycles.